The summed E-state index contributed by atoms with van der Waals surface area (Å²) in [6.07, 6.45) is -6.35. The Bertz CT molecular complexity index is 721. The Morgan fingerprint density at radius 3 is 1.90 bits per heavy atom. The van der Waals surface area contributed by atoms with Gasteiger partial charge in [0.15, 0.2) is 0 Å². The lowest BCUT2D eigenvalue weighted by Gasteiger charge is -2.24. The molecule has 0 aromatic carbocycles. The lowest BCUT2D eigenvalue weighted by molar-refractivity contribution is -0.193. The van der Waals surface area contributed by atoms with E-state index in [0.29, 0.717) is 12.1 Å². The van der Waals surface area contributed by atoms with Gasteiger partial charge in [-0.25, -0.2) is 9.59 Å². The predicted molar refractivity (Wildman–Crippen MR) is 88.7 cm³/mol. The molecule has 0 bridgehead atoms. The third-order valence-corrected chi connectivity index (χ3v) is 3.60. The molecule has 1 atom stereocenters. The van der Waals surface area contributed by atoms with Crippen LogP contribution in [0.25, 0.3) is 0 Å². The average Bonchev–Trinajstić information content (AvgIpc) is 3.04. The molecule has 172 valence electrons. The Hall–Kier alpha value is -2.84. The van der Waals surface area contributed by atoms with Gasteiger partial charge < -0.3 is 20.8 Å². The van der Waals surface area contributed by atoms with Crippen molar-refractivity contribution >= 4 is 17.8 Å². The lowest BCUT2D eigenvalue weighted by Crippen LogP contribution is -2.27. The number of nitrogens with zero attached hydrogens (tertiary/aromatic N) is 3. The van der Waals surface area contributed by atoms with E-state index in [1.807, 2.05) is 4.68 Å². The van der Waals surface area contributed by atoms with Crippen molar-refractivity contribution in [3.8, 4) is 0 Å². The SMILES string of the molecule is CN(C)C(=O)c1cnn2c1C(CN)CCC2.O=C(O)C(F)(F)F.O=C(O)C(F)(F)F. The van der Waals surface area contributed by atoms with Crippen molar-refractivity contribution < 1.29 is 50.9 Å². The van der Waals surface area contributed by atoms with E-state index in [1.165, 1.54) is 0 Å². The van der Waals surface area contributed by atoms with E-state index in [2.05, 4.69) is 5.10 Å². The largest absolute Gasteiger partial charge is 0.490 e. The van der Waals surface area contributed by atoms with Crippen LogP contribution < -0.4 is 5.73 Å². The number of fused-ring (bicyclic) bond motifs is 1. The van der Waals surface area contributed by atoms with E-state index in [-0.39, 0.29) is 11.8 Å². The number of carboxylic acid groups (broad SMARTS) is 2. The van der Waals surface area contributed by atoms with Gasteiger partial charge in [0.25, 0.3) is 5.91 Å². The van der Waals surface area contributed by atoms with Crippen LogP contribution in [0.2, 0.25) is 0 Å². The van der Waals surface area contributed by atoms with E-state index in [1.54, 1.807) is 25.2 Å². The Morgan fingerprint density at radius 2 is 1.57 bits per heavy atom. The van der Waals surface area contributed by atoms with Crippen molar-refractivity contribution in [1.82, 2.24) is 14.7 Å². The molecule has 9 nitrogen and oxygen atoms in total. The van der Waals surface area contributed by atoms with Crippen LogP contribution >= 0.6 is 0 Å². The molecule has 15 heteroatoms. The van der Waals surface area contributed by atoms with Crippen molar-refractivity contribution in [2.75, 3.05) is 20.6 Å². The molecule has 0 spiro atoms. The van der Waals surface area contributed by atoms with Gasteiger partial charge in [0, 0.05) is 33.1 Å². The maximum Gasteiger partial charge on any atom is 0.490 e. The number of amides is 1. The summed E-state index contributed by atoms with van der Waals surface area (Å²) in [7, 11) is 3.51. The van der Waals surface area contributed by atoms with E-state index in [4.69, 9.17) is 25.5 Å². The number of aliphatic carboxylic acids is 2. The zero-order valence-corrected chi connectivity index (χ0v) is 15.8. The fourth-order valence-electron chi connectivity index (χ4n) is 2.26. The molecule has 1 amide bonds. The summed E-state index contributed by atoms with van der Waals surface area (Å²) in [6.45, 7) is 1.48. The number of aromatic nitrogens is 2. The molecule has 1 aliphatic rings. The number of halogens is 6. The van der Waals surface area contributed by atoms with Gasteiger partial charge >= 0.3 is 24.3 Å². The monoisotopic (exact) mass is 450 g/mol. The smallest absolute Gasteiger partial charge is 0.475 e. The van der Waals surface area contributed by atoms with Gasteiger partial charge in [-0.2, -0.15) is 31.4 Å². The van der Waals surface area contributed by atoms with Crippen LogP contribution in [0.3, 0.4) is 0 Å². The number of carbonyl (C=O) groups is 3. The molecule has 0 radical (unpaired) electrons. The first-order valence-electron chi connectivity index (χ1n) is 8.11. The molecule has 0 saturated carbocycles. The first-order chi connectivity index (χ1) is 13.5. The summed E-state index contributed by atoms with van der Waals surface area (Å²) in [4.78, 5) is 31.3. The molecule has 1 aliphatic heterocycles. The molecule has 30 heavy (non-hydrogen) atoms. The maximum atomic E-state index is 12.0. The van der Waals surface area contributed by atoms with E-state index in [0.717, 1.165) is 25.1 Å². The number of hydrogen-bond acceptors (Lipinski definition) is 5. The van der Waals surface area contributed by atoms with Gasteiger partial charge in [-0.3, -0.25) is 9.48 Å². The van der Waals surface area contributed by atoms with Gasteiger partial charge in [0.1, 0.15) is 0 Å². The Balaban J connectivity index is 0.000000503. The maximum absolute atomic E-state index is 12.0. The standard InChI is InChI=1S/C11H18N4O.2C2HF3O2/c1-14(2)11(16)9-7-13-15-5-3-4-8(6-12)10(9)15;2*3-2(4,5)1(6)7/h7-8H,3-6,12H2,1-2H3;2*(H,6,7). The van der Waals surface area contributed by atoms with Crippen LogP contribution in [0.4, 0.5) is 26.3 Å². The fraction of sp³-hybridized carbons (Fsp3) is 0.600. The summed E-state index contributed by atoms with van der Waals surface area (Å²) in [6, 6.07) is 0. The van der Waals surface area contributed by atoms with E-state index >= 15 is 0 Å². The van der Waals surface area contributed by atoms with Crippen LogP contribution in [0, 0.1) is 0 Å². The summed E-state index contributed by atoms with van der Waals surface area (Å²) >= 11 is 0. The van der Waals surface area contributed by atoms with Crippen molar-refractivity contribution in [2.24, 2.45) is 5.73 Å². The number of carboxylic acids is 2. The van der Waals surface area contributed by atoms with Gasteiger partial charge in [0.2, 0.25) is 0 Å². The zero-order chi connectivity index (χ0) is 23.9. The molecular weight excluding hydrogens is 430 g/mol. The summed E-state index contributed by atoms with van der Waals surface area (Å²) in [5.41, 5.74) is 7.49. The van der Waals surface area contributed by atoms with Crippen molar-refractivity contribution in [3.05, 3.63) is 17.5 Å². The minimum atomic E-state index is -5.08. The van der Waals surface area contributed by atoms with Crippen LogP contribution in [-0.2, 0) is 16.1 Å². The second kappa shape index (κ2) is 10.8. The normalized spacial score (nSPS) is 15.6. The van der Waals surface area contributed by atoms with Crippen LogP contribution in [0.1, 0.15) is 34.8 Å². The van der Waals surface area contributed by atoms with Crippen LogP contribution in [-0.4, -0.2) is 75.7 Å². The van der Waals surface area contributed by atoms with Gasteiger partial charge in [-0.15, -0.1) is 0 Å². The number of aryl methyl sites for hydroxylation is 1. The average molecular weight is 450 g/mol. The van der Waals surface area contributed by atoms with Crippen molar-refractivity contribution in [2.45, 2.75) is 37.7 Å². The molecule has 1 aromatic heterocycles. The van der Waals surface area contributed by atoms with E-state index in [9.17, 15) is 31.1 Å². The highest BCUT2D eigenvalue weighted by Gasteiger charge is 2.38. The molecule has 2 rings (SSSR count). The first kappa shape index (κ1) is 27.2. The summed E-state index contributed by atoms with van der Waals surface area (Å²) in [5, 5.41) is 18.5. The second-order valence-electron chi connectivity index (χ2n) is 6.05. The van der Waals surface area contributed by atoms with Gasteiger partial charge in [-0.05, 0) is 12.8 Å². The van der Waals surface area contributed by atoms with Gasteiger partial charge in [0.05, 0.1) is 17.5 Å². The number of hydrogen-bond donors (Lipinski definition) is 3. The third-order valence-electron chi connectivity index (χ3n) is 3.60. The Labute approximate surface area is 166 Å². The fourth-order valence-corrected chi connectivity index (χ4v) is 2.26. The highest BCUT2D eigenvalue weighted by molar-refractivity contribution is 5.95. The first-order valence-corrected chi connectivity index (χ1v) is 8.11. The number of alkyl halides is 6. The van der Waals surface area contributed by atoms with E-state index < -0.39 is 24.3 Å². The molecule has 2 heterocycles. The summed E-state index contributed by atoms with van der Waals surface area (Å²) in [5.74, 6) is -5.23. The Morgan fingerprint density at radius 1 is 1.13 bits per heavy atom. The predicted octanol–water partition coefficient (Wildman–Crippen LogP) is 1.69. The third kappa shape index (κ3) is 8.26. The Kier molecular flexibility index (Phi) is 9.78. The lowest BCUT2D eigenvalue weighted by atomic mass is 9.93. The van der Waals surface area contributed by atoms with Crippen LogP contribution in [0.15, 0.2) is 6.20 Å². The number of carbonyl (C=O) groups excluding carboxylic acids is 1. The van der Waals surface area contributed by atoms with Crippen molar-refractivity contribution in [3.63, 3.8) is 0 Å². The summed E-state index contributed by atoms with van der Waals surface area (Å²) < 4.78 is 65.4. The molecular formula is C15H20F6N4O5. The second-order valence-corrected chi connectivity index (χ2v) is 6.05. The molecule has 0 fully saturated rings. The number of rotatable bonds is 2. The quantitative estimate of drug-likeness (QED) is 0.583. The molecule has 1 aromatic rings. The van der Waals surface area contributed by atoms with Crippen molar-refractivity contribution in [1.29, 1.82) is 0 Å². The minimum Gasteiger partial charge on any atom is -0.475 e. The topological polar surface area (TPSA) is 139 Å². The highest BCUT2D eigenvalue weighted by atomic mass is 19.4. The number of nitrogens with two attached hydrogens (primary N) is 1. The molecule has 4 N–H and O–H groups in total. The highest BCUT2D eigenvalue weighted by Crippen LogP contribution is 2.29. The minimum absolute atomic E-state index is 0.0154. The van der Waals surface area contributed by atoms with Crippen LogP contribution in [0.5, 0.6) is 0 Å². The molecule has 0 aliphatic carbocycles. The molecule has 0 saturated heterocycles. The zero-order valence-electron chi connectivity index (χ0n) is 15.8. The van der Waals surface area contributed by atoms with Gasteiger partial charge in [-0.1, -0.05) is 0 Å². The molecule has 1 unspecified atom stereocenters.